The van der Waals surface area contributed by atoms with Crippen LogP contribution in [0.25, 0.3) is 0 Å². The first-order valence-electron chi connectivity index (χ1n) is 7.21. The number of piperidine rings is 1. The Kier molecular flexibility index (Phi) is 4.59. The number of nitrogens with one attached hydrogen (secondary N) is 1. The molecule has 1 aromatic heterocycles. The third kappa shape index (κ3) is 2.77. The van der Waals surface area contributed by atoms with Crippen LogP contribution in [0.3, 0.4) is 0 Å². The molecule has 1 N–H and O–H groups in total. The highest BCUT2D eigenvalue weighted by atomic mass is 16.6. The van der Waals surface area contributed by atoms with E-state index in [0.717, 1.165) is 38.9 Å². The zero-order valence-corrected chi connectivity index (χ0v) is 12.4. The lowest BCUT2D eigenvalue weighted by Crippen LogP contribution is -2.47. The number of hydrogen-bond donors (Lipinski definition) is 1. The summed E-state index contributed by atoms with van der Waals surface area (Å²) in [6, 6.07) is 0.303. The predicted molar refractivity (Wildman–Crippen MR) is 78.1 cm³/mol. The number of nitrogens with zero attached hydrogens (tertiary/aromatic N) is 4. The molecule has 112 valence electrons. The van der Waals surface area contributed by atoms with E-state index in [-0.39, 0.29) is 10.7 Å². The summed E-state index contributed by atoms with van der Waals surface area (Å²) in [5.41, 5.74) is 0. The molecule has 2 rings (SSSR count). The summed E-state index contributed by atoms with van der Waals surface area (Å²) in [4.78, 5) is 17.2. The Bertz CT molecular complexity index is 479. The van der Waals surface area contributed by atoms with Crippen LogP contribution in [-0.2, 0) is 7.05 Å². The summed E-state index contributed by atoms with van der Waals surface area (Å²) in [5, 5.41) is 14.6. The fourth-order valence-electron chi connectivity index (χ4n) is 2.83. The van der Waals surface area contributed by atoms with Gasteiger partial charge in [0.25, 0.3) is 0 Å². The van der Waals surface area contributed by atoms with Crippen molar-refractivity contribution in [2.24, 2.45) is 7.05 Å². The van der Waals surface area contributed by atoms with Gasteiger partial charge in [-0.15, -0.1) is 0 Å². The minimum atomic E-state index is -0.374. The van der Waals surface area contributed by atoms with Crippen LogP contribution in [0.15, 0.2) is 0 Å². The van der Waals surface area contributed by atoms with Gasteiger partial charge in [0, 0.05) is 33.1 Å². The van der Waals surface area contributed by atoms with Crippen molar-refractivity contribution in [3.8, 4) is 0 Å². The molecule has 7 nitrogen and oxygen atoms in total. The number of aryl methyl sites for hydroxylation is 1. The van der Waals surface area contributed by atoms with E-state index in [2.05, 4.69) is 22.1 Å². The first-order chi connectivity index (χ1) is 9.56. The second-order valence-corrected chi connectivity index (χ2v) is 5.32. The number of nitro groups is 1. The average molecular weight is 281 g/mol. The highest BCUT2D eigenvalue weighted by Gasteiger charge is 2.32. The molecule has 0 bridgehead atoms. The average Bonchev–Trinajstić information content (AvgIpc) is 2.74. The van der Waals surface area contributed by atoms with Crippen LogP contribution >= 0.6 is 0 Å². The van der Waals surface area contributed by atoms with E-state index in [1.807, 2.05) is 11.6 Å². The lowest BCUT2D eigenvalue weighted by molar-refractivity contribution is -0.388. The number of rotatable bonds is 5. The molecule has 20 heavy (non-hydrogen) atoms. The van der Waals surface area contributed by atoms with Gasteiger partial charge in [0.15, 0.2) is 0 Å². The molecule has 0 amide bonds. The van der Waals surface area contributed by atoms with Gasteiger partial charge < -0.3 is 20.3 Å². The van der Waals surface area contributed by atoms with Crippen molar-refractivity contribution in [3.63, 3.8) is 0 Å². The van der Waals surface area contributed by atoms with Crippen molar-refractivity contribution in [2.45, 2.75) is 39.2 Å². The molecule has 0 spiro atoms. The summed E-state index contributed by atoms with van der Waals surface area (Å²) < 4.78 is 1.84. The molecule has 0 saturated carbocycles. The Balaban J connectivity index is 2.39. The smallest absolute Gasteiger partial charge is 0.358 e. The molecular formula is C13H23N5O2. The van der Waals surface area contributed by atoms with E-state index < -0.39 is 0 Å². The van der Waals surface area contributed by atoms with Crippen molar-refractivity contribution >= 4 is 11.6 Å². The quantitative estimate of drug-likeness (QED) is 0.655. The van der Waals surface area contributed by atoms with E-state index >= 15 is 0 Å². The summed E-state index contributed by atoms with van der Waals surface area (Å²) in [5.74, 6) is 1.30. The molecule has 0 radical (unpaired) electrons. The van der Waals surface area contributed by atoms with Crippen LogP contribution in [0.1, 0.15) is 32.0 Å². The van der Waals surface area contributed by atoms with Crippen molar-refractivity contribution < 1.29 is 4.92 Å². The second-order valence-electron chi connectivity index (χ2n) is 5.32. The fraction of sp³-hybridized carbons (Fsp3) is 0.769. The lowest BCUT2D eigenvalue weighted by Gasteiger charge is -2.35. The van der Waals surface area contributed by atoms with Crippen LogP contribution in [0.5, 0.6) is 0 Å². The summed E-state index contributed by atoms with van der Waals surface area (Å²) >= 11 is 0. The Hall–Kier alpha value is -1.63. The molecule has 1 aliphatic heterocycles. The summed E-state index contributed by atoms with van der Waals surface area (Å²) in [6.07, 6.45) is 3.13. The van der Waals surface area contributed by atoms with E-state index in [0.29, 0.717) is 17.7 Å². The van der Waals surface area contributed by atoms with Gasteiger partial charge >= 0.3 is 5.82 Å². The van der Waals surface area contributed by atoms with Crippen molar-refractivity contribution in [1.29, 1.82) is 0 Å². The highest BCUT2D eigenvalue weighted by Crippen LogP contribution is 2.31. The van der Waals surface area contributed by atoms with Gasteiger partial charge in [0.1, 0.15) is 0 Å². The molecule has 1 aromatic rings. The molecule has 1 atom stereocenters. The Labute approximate surface area is 119 Å². The molecule has 0 aliphatic carbocycles. The minimum Gasteiger partial charge on any atom is -0.358 e. The van der Waals surface area contributed by atoms with Gasteiger partial charge in [-0.05, 0) is 35.7 Å². The molecule has 0 aromatic carbocycles. The van der Waals surface area contributed by atoms with Crippen molar-refractivity contribution in [3.05, 3.63) is 15.9 Å². The maximum atomic E-state index is 11.3. The van der Waals surface area contributed by atoms with Gasteiger partial charge in [-0.25, -0.2) is 0 Å². The van der Waals surface area contributed by atoms with E-state index in [9.17, 15) is 10.1 Å². The van der Waals surface area contributed by atoms with Crippen molar-refractivity contribution in [1.82, 2.24) is 14.9 Å². The maximum Gasteiger partial charge on any atom is 0.406 e. The van der Waals surface area contributed by atoms with Crippen LogP contribution in [0.4, 0.5) is 11.6 Å². The number of imidazole rings is 1. The SMILES string of the molecule is CCCN(c1c([N+](=O)[O-])nc(C)n1C)C1CCCNC1. The van der Waals surface area contributed by atoms with Crippen LogP contribution in [0.2, 0.25) is 0 Å². The topological polar surface area (TPSA) is 76.2 Å². The van der Waals surface area contributed by atoms with E-state index in [1.165, 1.54) is 0 Å². The fourth-order valence-corrected chi connectivity index (χ4v) is 2.83. The molecule has 1 saturated heterocycles. The normalized spacial score (nSPS) is 19.1. The molecule has 2 heterocycles. The lowest BCUT2D eigenvalue weighted by atomic mass is 10.1. The number of aromatic nitrogens is 2. The van der Waals surface area contributed by atoms with Crippen LogP contribution in [-0.4, -0.2) is 40.2 Å². The molecule has 7 heteroatoms. The van der Waals surface area contributed by atoms with Gasteiger partial charge in [-0.1, -0.05) is 6.92 Å². The molecule has 1 fully saturated rings. The largest absolute Gasteiger partial charge is 0.406 e. The minimum absolute atomic E-state index is 0.0241. The molecule has 1 aliphatic rings. The zero-order valence-electron chi connectivity index (χ0n) is 12.4. The highest BCUT2D eigenvalue weighted by molar-refractivity contribution is 5.56. The van der Waals surface area contributed by atoms with Gasteiger partial charge in [0.05, 0.1) is 0 Å². The Morgan fingerprint density at radius 1 is 1.60 bits per heavy atom. The third-order valence-corrected chi connectivity index (χ3v) is 3.89. The first-order valence-corrected chi connectivity index (χ1v) is 7.21. The zero-order chi connectivity index (χ0) is 14.7. The Morgan fingerprint density at radius 2 is 2.35 bits per heavy atom. The third-order valence-electron chi connectivity index (χ3n) is 3.89. The maximum absolute atomic E-state index is 11.3. The number of anilines is 1. The summed E-state index contributed by atoms with van der Waals surface area (Å²) in [6.45, 7) is 6.62. The molecular weight excluding hydrogens is 258 g/mol. The van der Waals surface area contributed by atoms with Gasteiger partial charge in [-0.3, -0.25) is 4.57 Å². The number of hydrogen-bond acceptors (Lipinski definition) is 5. The van der Waals surface area contributed by atoms with E-state index in [1.54, 1.807) is 6.92 Å². The van der Waals surface area contributed by atoms with Crippen LogP contribution < -0.4 is 10.2 Å². The summed E-state index contributed by atoms with van der Waals surface area (Å²) in [7, 11) is 1.85. The monoisotopic (exact) mass is 281 g/mol. The Morgan fingerprint density at radius 3 is 2.90 bits per heavy atom. The van der Waals surface area contributed by atoms with Crippen molar-refractivity contribution in [2.75, 3.05) is 24.5 Å². The first kappa shape index (κ1) is 14.8. The van der Waals surface area contributed by atoms with Gasteiger partial charge in [0.2, 0.25) is 11.6 Å². The standard InChI is InChI=1S/C13H23N5O2/c1-4-8-17(11-6-5-7-14-9-11)13-12(18(19)20)15-10(2)16(13)3/h11,14H,4-9H2,1-3H3. The second kappa shape index (κ2) is 6.21. The molecule has 1 unspecified atom stereocenters. The van der Waals surface area contributed by atoms with E-state index in [4.69, 9.17) is 0 Å². The van der Waals surface area contributed by atoms with Crippen LogP contribution in [0, 0.1) is 17.0 Å². The predicted octanol–water partition coefficient (Wildman–Crippen LogP) is 1.61. The van der Waals surface area contributed by atoms with Gasteiger partial charge in [-0.2, -0.15) is 0 Å².